The van der Waals surface area contributed by atoms with Gasteiger partial charge in [0.15, 0.2) is 0 Å². The fourth-order valence-electron chi connectivity index (χ4n) is 3.17. The number of nitrogens with one attached hydrogen (secondary N) is 1. The summed E-state index contributed by atoms with van der Waals surface area (Å²) in [7, 11) is 3.61. The summed E-state index contributed by atoms with van der Waals surface area (Å²) in [5.74, 6) is 0.835. The van der Waals surface area contributed by atoms with Crippen molar-refractivity contribution in [3.05, 3.63) is 87.6 Å². The average molecular weight is 395 g/mol. The van der Waals surface area contributed by atoms with Crippen molar-refractivity contribution in [2.75, 3.05) is 20.7 Å². The van der Waals surface area contributed by atoms with Crippen molar-refractivity contribution in [1.82, 2.24) is 10.2 Å². The van der Waals surface area contributed by atoms with Crippen molar-refractivity contribution in [3.63, 3.8) is 0 Å². The maximum Gasteiger partial charge on any atom is 0.234 e. The van der Waals surface area contributed by atoms with Gasteiger partial charge in [0.2, 0.25) is 5.91 Å². The van der Waals surface area contributed by atoms with Gasteiger partial charge < -0.3 is 10.1 Å². The third kappa shape index (κ3) is 5.21. The molecule has 0 bridgehead atoms. The van der Waals surface area contributed by atoms with E-state index in [2.05, 4.69) is 42.6 Å². The number of aryl methyl sites for hydroxylation is 1. The number of ether oxygens (including phenoxy) is 1. The molecule has 1 aromatic heterocycles. The predicted octanol–water partition coefficient (Wildman–Crippen LogP) is 4.40. The fourth-order valence-corrected chi connectivity index (χ4v) is 3.97. The van der Waals surface area contributed by atoms with E-state index < -0.39 is 0 Å². The van der Waals surface area contributed by atoms with Crippen molar-refractivity contribution < 1.29 is 9.53 Å². The first-order chi connectivity index (χ1) is 13.6. The Morgan fingerprint density at radius 3 is 2.54 bits per heavy atom. The first kappa shape index (κ1) is 20.1. The van der Waals surface area contributed by atoms with Crippen LogP contribution in [-0.2, 0) is 11.3 Å². The highest BCUT2D eigenvalue weighted by atomic mass is 32.1. The zero-order valence-corrected chi connectivity index (χ0v) is 17.3. The van der Waals surface area contributed by atoms with Gasteiger partial charge in [0, 0.05) is 17.0 Å². The molecule has 0 fully saturated rings. The van der Waals surface area contributed by atoms with Gasteiger partial charge in [-0.3, -0.25) is 9.69 Å². The quantitative estimate of drug-likeness (QED) is 0.616. The second kappa shape index (κ2) is 9.53. The van der Waals surface area contributed by atoms with Crippen LogP contribution in [0.4, 0.5) is 0 Å². The first-order valence-corrected chi connectivity index (χ1v) is 10.1. The molecule has 0 aliphatic heterocycles. The van der Waals surface area contributed by atoms with Gasteiger partial charge >= 0.3 is 0 Å². The second-order valence-electron chi connectivity index (χ2n) is 6.91. The number of nitrogens with zero attached hydrogens (tertiary/aromatic N) is 1. The van der Waals surface area contributed by atoms with Crippen LogP contribution < -0.4 is 10.1 Å². The molecule has 0 saturated heterocycles. The number of rotatable bonds is 8. The predicted molar refractivity (Wildman–Crippen MR) is 115 cm³/mol. The highest BCUT2D eigenvalue weighted by Gasteiger charge is 2.19. The molecule has 4 nitrogen and oxygen atoms in total. The molecule has 0 aliphatic rings. The number of thiophene rings is 1. The molecular formula is C23H26N2O2S. The summed E-state index contributed by atoms with van der Waals surface area (Å²) in [5, 5.41) is 5.24. The molecule has 0 radical (unpaired) electrons. The molecule has 1 heterocycles. The van der Waals surface area contributed by atoms with E-state index in [-0.39, 0.29) is 11.9 Å². The molecular weight excluding hydrogens is 368 g/mol. The van der Waals surface area contributed by atoms with Crippen LogP contribution in [0.15, 0.2) is 66.0 Å². The van der Waals surface area contributed by atoms with Gasteiger partial charge in [-0.2, -0.15) is 0 Å². The molecule has 0 saturated carbocycles. The lowest BCUT2D eigenvalue weighted by molar-refractivity contribution is -0.122. The molecule has 2 aromatic carbocycles. The van der Waals surface area contributed by atoms with Crippen LogP contribution in [0.5, 0.6) is 5.75 Å². The number of benzene rings is 2. The van der Waals surface area contributed by atoms with Crippen molar-refractivity contribution in [1.29, 1.82) is 0 Å². The number of carbonyl (C=O) groups excluding carboxylic acids is 1. The molecule has 1 N–H and O–H groups in total. The number of likely N-dealkylation sites (N-methyl/N-ethyl adjacent to an activating group) is 1. The van der Waals surface area contributed by atoms with Gasteiger partial charge in [-0.25, -0.2) is 0 Å². The number of hydrogen-bond donors (Lipinski definition) is 1. The van der Waals surface area contributed by atoms with Gasteiger partial charge in [-0.1, -0.05) is 54.1 Å². The topological polar surface area (TPSA) is 41.6 Å². The average Bonchev–Trinajstić information content (AvgIpc) is 3.22. The molecule has 28 heavy (non-hydrogen) atoms. The minimum absolute atomic E-state index is 0.00336. The Labute approximate surface area is 170 Å². The Morgan fingerprint density at radius 2 is 1.86 bits per heavy atom. The van der Waals surface area contributed by atoms with E-state index in [0.717, 1.165) is 21.8 Å². The Hall–Kier alpha value is -2.63. The minimum atomic E-state index is -0.132. The second-order valence-corrected chi connectivity index (χ2v) is 7.89. The number of methoxy groups -OCH3 is 1. The highest BCUT2D eigenvalue weighted by molar-refractivity contribution is 7.10. The molecule has 146 valence electrons. The smallest absolute Gasteiger partial charge is 0.234 e. The van der Waals surface area contributed by atoms with Crippen molar-refractivity contribution in [2.24, 2.45) is 0 Å². The summed E-state index contributed by atoms with van der Waals surface area (Å²) >= 11 is 1.65. The molecule has 0 aliphatic carbocycles. The van der Waals surface area contributed by atoms with Crippen LogP contribution in [0.3, 0.4) is 0 Å². The highest BCUT2D eigenvalue weighted by Crippen LogP contribution is 2.26. The number of hydrogen-bond acceptors (Lipinski definition) is 4. The van der Waals surface area contributed by atoms with Crippen LogP contribution >= 0.6 is 11.3 Å². The minimum Gasteiger partial charge on any atom is -0.496 e. The van der Waals surface area contributed by atoms with Crippen LogP contribution in [-0.4, -0.2) is 31.5 Å². The van der Waals surface area contributed by atoms with Gasteiger partial charge in [0.25, 0.3) is 0 Å². The van der Waals surface area contributed by atoms with E-state index in [1.54, 1.807) is 18.4 Å². The van der Waals surface area contributed by atoms with Gasteiger partial charge in [0.05, 0.1) is 19.7 Å². The zero-order chi connectivity index (χ0) is 19.9. The van der Waals surface area contributed by atoms with E-state index in [0.29, 0.717) is 13.1 Å². The van der Waals surface area contributed by atoms with Crippen LogP contribution in [0.25, 0.3) is 0 Å². The maximum atomic E-state index is 12.8. The Balaban J connectivity index is 1.67. The first-order valence-electron chi connectivity index (χ1n) is 9.26. The van der Waals surface area contributed by atoms with Crippen molar-refractivity contribution >= 4 is 17.2 Å². The lowest BCUT2D eigenvalue weighted by Crippen LogP contribution is -2.37. The summed E-state index contributed by atoms with van der Waals surface area (Å²) in [4.78, 5) is 15.9. The zero-order valence-electron chi connectivity index (χ0n) is 16.5. The summed E-state index contributed by atoms with van der Waals surface area (Å²) in [6.07, 6.45) is 0. The summed E-state index contributed by atoms with van der Waals surface area (Å²) in [5.41, 5.74) is 3.36. The van der Waals surface area contributed by atoms with E-state index in [1.165, 1.54) is 5.56 Å². The van der Waals surface area contributed by atoms with Gasteiger partial charge in [-0.05, 0) is 37.0 Å². The molecule has 1 amide bonds. The lowest BCUT2D eigenvalue weighted by Gasteiger charge is -2.22. The van der Waals surface area contributed by atoms with Crippen LogP contribution in [0, 0.1) is 6.92 Å². The molecule has 1 unspecified atom stereocenters. The summed E-state index contributed by atoms with van der Waals surface area (Å²) in [6.45, 7) is 3.02. The van der Waals surface area contributed by atoms with Crippen molar-refractivity contribution in [3.8, 4) is 5.75 Å². The largest absolute Gasteiger partial charge is 0.496 e. The SMILES string of the molecule is COc1ccccc1CN(C)CC(=O)NC(c1ccc(C)cc1)c1cccs1. The Morgan fingerprint density at radius 1 is 1.11 bits per heavy atom. The fraction of sp³-hybridized carbons (Fsp3) is 0.261. The van der Waals surface area contributed by atoms with Gasteiger partial charge in [-0.15, -0.1) is 11.3 Å². The van der Waals surface area contributed by atoms with E-state index in [4.69, 9.17) is 4.74 Å². The molecule has 3 aromatic rings. The Kier molecular flexibility index (Phi) is 6.85. The van der Waals surface area contributed by atoms with Crippen LogP contribution in [0.2, 0.25) is 0 Å². The molecule has 1 atom stereocenters. The number of carbonyl (C=O) groups is 1. The van der Waals surface area contributed by atoms with E-state index in [9.17, 15) is 4.79 Å². The third-order valence-corrected chi connectivity index (χ3v) is 5.53. The van der Waals surface area contributed by atoms with E-state index in [1.807, 2.05) is 47.7 Å². The molecule has 5 heteroatoms. The number of amides is 1. The van der Waals surface area contributed by atoms with Crippen molar-refractivity contribution in [2.45, 2.75) is 19.5 Å². The molecule has 0 spiro atoms. The lowest BCUT2D eigenvalue weighted by atomic mass is 10.0. The van der Waals surface area contributed by atoms with Crippen LogP contribution in [0.1, 0.15) is 27.6 Å². The monoisotopic (exact) mass is 394 g/mol. The summed E-state index contributed by atoms with van der Waals surface area (Å²) < 4.78 is 5.41. The Bertz CT molecular complexity index is 891. The van der Waals surface area contributed by atoms with Gasteiger partial charge in [0.1, 0.15) is 5.75 Å². The number of para-hydroxylation sites is 1. The molecule has 3 rings (SSSR count). The van der Waals surface area contributed by atoms with E-state index >= 15 is 0 Å². The third-order valence-electron chi connectivity index (χ3n) is 4.59. The summed E-state index contributed by atoms with van der Waals surface area (Å²) in [6, 6.07) is 20.2. The normalized spacial score (nSPS) is 12.0. The maximum absolute atomic E-state index is 12.8. The standard InChI is InChI=1S/C23H26N2O2S/c1-17-10-12-18(13-11-17)23(21-9-6-14-28-21)24-22(26)16-25(2)15-19-7-4-5-8-20(19)27-3/h4-14,23H,15-16H2,1-3H3,(H,24,26).